The molecule has 1 aromatic carbocycles. The van der Waals surface area contributed by atoms with Crippen molar-refractivity contribution in [3.63, 3.8) is 0 Å². The fraction of sp³-hybridized carbons (Fsp3) is 0.700. The summed E-state index contributed by atoms with van der Waals surface area (Å²) in [6.45, 7) is 4.40. The van der Waals surface area contributed by atoms with E-state index in [-0.39, 0.29) is 19.6 Å². The van der Waals surface area contributed by atoms with E-state index in [0.29, 0.717) is 37.7 Å². The van der Waals surface area contributed by atoms with Crippen LogP contribution in [0.2, 0.25) is 0 Å². The van der Waals surface area contributed by atoms with Gasteiger partial charge in [-0.2, -0.15) is 0 Å². The van der Waals surface area contributed by atoms with Gasteiger partial charge in [0.1, 0.15) is 12.7 Å². The lowest BCUT2D eigenvalue weighted by Gasteiger charge is -2.23. The maximum atomic E-state index is 13.4. The molecule has 2 saturated heterocycles. The predicted molar refractivity (Wildman–Crippen MR) is 101 cm³/mol. The van der Waals surface area contributed by atoms with E-state index in [1.54, 1.807) is 18.1 Å². The summed E-state index contributed by atoms with van der Waals surface area (Å²) in [5.41, 5.74) is 0.882. The highest BCUT2D eigenvalue weighted by Crippen LogP contribution is 2.31. The molecule has 28 heavy (non-hydrogen) atoms. The van der Waals surface area contributed by atoms with Crippen LogP contribution in [0.3, 0.4) is 0 Å². The number of benzene rings is 1. The highest BCUT2D eigenvalue weighted by atomic mass is 19.3. The van der Waals surface area contributed by atoms with E-state index < -0.39 is 12.0 Å². The molecule has 0 bridgehead atoms. The minimum Gasteiger partial charge on any atom is -0.493 e. The Balaban J connectivity index is 1.54. The van der Waals surface area contributed by atoms with Gasteiger partial charge in [0.25, 0.3) is 5.92 Å². The van der Waals surface area contributed by atoms with Crippen LogP contribution in [0.1, 0.15) is 18.4 Å². The largest absolute Gasteiger partial charge is 0.493 e. The summed E-state index contributed by atoms with van der Waals surface area (Å²) in [6, 6.07) is 5.44. The second-order valence-corrected chi connectivity index (χ2v) is 7.53. The second kappa shape index (κ2) is 9.82. The van der Waals surface area contributed by atoms with Gasteiger partial charge in [-0.15, -0.1) is 0 Å². The molecule has 8 heteroatoms. The molecule has 0 aromatic heterocycles. The molecule has 2 fully saturated rings. The fourth-order valence-electron chi connectivity index (χ4n) is 3.65. The zero-order valence-electron chi connectivity index (χ0n) is 16.4. The average Bonchev–Trinajstić information content (AvgIpc) is 2.84. The van der Waals surface area contributed by atoms with Crippen molar-refractivity contribution in [2.45, 2.75) is 31.4 Å². The van der Waals surface area contributed by atoms with Crippen LogP contribution in [0.15, 0.2) is 18.2 Å². The average molecular weight is 400 g/mol. The summed E-state index contributed by atoms with van der Waals surface area (Å²) in [5.74, 6) is -1.52. The maximum absolute atomic E-state index is 13.4. The smallest absolute Gasteiger partial charge is 0.261 e. The van der Waals surface area contributed by atoms with Crippen LogP contribution in [0, 0.1) is 0 Å². The molecule has 0 saturated carbocycles. The number of likely N-dealkylation sites (tertiary alicyclic amines) is 1. The van der Waals surface area contributed by atoms with Crippen molar-refractivity contribution in [1.29, 1.82) is 0 Å². The molecular formula is C20H30F2N2O4. The van der Waals surface area contributed by atoms with E-state index in [0.717, 1.165) is 31.7 Å². The number of ether oxygens (including phenoxy) is 3. The molecule has 0 spiro atoms. The second-order valence-electron chi connectivity index (χ2n) is 7.53. The Labute approximate surface area is 165 Å². The number of rotatable bonds is 8. The Hall–Kier alpha value is -1.48. The first-order valence-electron chi connectivity index (χ1n) is 9.83. The first-order chi connectivity index (χ1) is 13.4. The Morgan fingerprint density at radius 3 is 2.79 bits per heavy atom. The Morgan fingerprint density at radius 2 is 2.04 bits per heavy atom. The number of hydrogen-bond donors (Lipinski definition) is 1. The number of halogens is 2. The van der Waals surface area contributed by atoms with Gasteiger partial charge < -0.3 is 19.3 Å². The van der Waals surface area contributed by atoms with Crippen LogP contribution in [0.5, 0.6) is 11.5 Å². The number of alkyl halides is 2. The van der Waals surface area contributed by atoms with E-state index in [2.05, 4.69) is 4.90 Å². The van der Waals surface area contributed by atoms with Crippen LogP contribution in [-0.2, 0) is 11.3 Å². The molecule has 0 aliphatic carbocycles. The highest BCUT2D eigenvalue weighted by Gasteiger charge is 2.37. The van der Waals surface area contributed by atoms with Gasteiger partial charge in [-0.05, 0) is 24.1 Å². The van der Waals surface area contributed by atoms with Gasteiger partial charge in [-0.25, -0.2) is 8.78 Å². The van der Waals surface area contributed by atoms with Crippen LogP contribution in [-0.4, -0.2) is 86.6 Å². The third-order valence-electron chi connectivity index (χ3n) is 5.10. The summed E-state index contributed by atoms with van der Waals surface area (Å²) < 4.78 is 43.4. The Morgan fingerprint density at radius 1 is 1.18 bits per heavy atom. The third kappa shape index (κ3) is 6.27. The molecule has 2 aliphatic rings. The zero-order valence-corrected chi connectivity index (χ0v) is 16.4. The summed E-state index contributed by atoms with van der Waals surface area (Å²) in [4.78, 5) is 3.91. The topological polar surface area (TPSA) is 54.4 Å². The first kappa shape index (κ1) is 21.2. The standard InChI is InChI=1S/C20H30F2N2O4/c1-26-18-4-3-16(12-24-7-5-20(21,22)15-24)11-19(18)28-14-17(25)13-23-6-2-9-27-10-8-23/h3-4,11,17,25H,2,5-10,12-15H2,1H3. The molecule has 1 N–H and O–H groups in total. The Bertz CT molecular complexity index is 624. The number of aliphatic hydroxyl groups excluding tert-OH is 1. The van der Waals surface area contributed by atoms with Gasteiger partial charge in [-0.3, -0.25) is 9.80 Å². The van der Waals surface area contributed by atoms with Crippen molar-refractivity contribution in [1.82, 2.24) is 9.80 Å². The number of nitrogens with zero attached hydrogens (tertiary/aromatic N) is 2. The summed E-state index contributed by atoms with van der Waals surface area (Å²) in [6.07, 6.45) is 0.225. The van der Waals surface area contributed by atoms with E-state index in [9.17, 15) is 13.9 Å². The zero-order chi connectivity index (χ0) is 20.0. The lowest BCUT2D eigenvalue weighted by Crippen LogP contribution is -2.37. The molecule has 2 heterocycles. The van der Waals surface area contributed by atoms with Gasteiger partial charge in [0, 0.05) is 45.8 Å². The van der Waals surface area contributed by atoms with Crippen LogP contribution in [0.4, 0.5) is 8.78 Å². The molecular weight excluding hydrogens is 370 g/mol. The minimum absolute atomic E-state index is 0.0970. The van der Waals surface area contributed by atoms with E-state index in [1.165, 1.54) is 0 Å². The Kier molecular flexibility index (Phi) is 7.45. The first-order valence-corrected chi connectivity index (χ1v) is 9.83. The van der Waals surface area contributed by atoms with Crippen LogP contribution >= 0.6 is 0 Å². The lowest BCUT2D eigenvalue weighted by atomic mass is 10.2. The van der Waals surface area contributed by atoms with Crippen molar-refractivity contribution in [2.75, 3.05) is 59.7 Å². The molecule has 1 aromatic rings. The summed E-state index contributed by atoms with van der Waals surface area (Å²) >= 11 is 0. The molecule has 6 nitrogen and oxygen atoms in total. The number of β-amino-alcohol motifs (C(OH)–C–C–N with tert-alkyl or cyclic N) is 1. The molecule has 2 aliphatic heterocycles. The van der Waals surface area contributed by atoms with Crippen LogP contribution in [0.25, 0.3) is 0 Å². The summed E-state index contributed by atoms with van der Waals surface area (Å²) in [5, 5.41) is 10.3. The lowest BCUT2D eigenvalue weighted by molar-refractivity contribution is 0.0115. The van der Waals surface area contributed by atoms with E-state index in [1.807, 2.05) is 12.1 Å². The fourth-order valence-corrected chi connectivity index (χ4v) is 3.65. The summed E-state index contributed by atoms with van der Waals surface area (Å²) in [7, 11) is 1.55. The van der Waals surface area contributed by atoms with Gasteiger partial charge in [0.15, 0.2) is 11.5 Å². The van der Waals surface area contributed by atoms with Crippen molar-refractivity contribution in [3.8, 4) is 11.5 Å². The molecule has 1 atom stereocenters. The number of aliphatic hydroxyl groups is 1. The monoisotopic (exact) mass is 400 g/mol. The van der Waals surface area contributed by atoms with E-state index in [4.69, 9.17) is 14.2 Å². The van der Waals surface area contributed by atoms with Crippen molar-refractivity contribution in [3.05, 3.63) is 23.8 Å². The maximum Gasteiger partial charge on any atom is 0.261 e. The van der Waals surface area contributed by atoms with Gasteiger partial charge in [0.05, 0.1) is 20.3 Å². The normalized spacial score (nSPS) is 22.0. The predicted octanol–water partition coefficient (Wildman–Crippen LogP) is 2.00. The molecule has 158 valence electrons. The van der Waals surface area contributed by atoms with Crippen molar-refractivity contribution in [2.24, 2.45) is 0 Å². The minimum atomic E-state index is -2.60. The molecule has 1 unspecified atom stereocenters. The number of hydrogen-bond acceptors (Lipinski definition) is 6. The molecule has 3 rings (SSSR count). The van der Waals surface area contributed by atoms with E-state index >= 15 is 0 Å². The van der Waals surface area contributed by atoms with Gasteiger partial charge in [0.2, 0.25) is 0 Å². The molecule has 0 amide bonds. The quantitative estimate of drug-likeness (QED) is 0.721. The third-order valence-corrected chi connectivity index (χ3v) is 5.10. The van der Waals surface area contributed by atoms with Crippen molar-refractivity contribution < 1.29 is 28.1 Å². The number of methoxy groups -OCH3 is 1. The van der Waals surface area contributed by atoms with Gasteiger partial charge in [-0.1, -0.05) is 6.07 Å². The van der Waals surface area contributed by atoms with Crippen LogP contribution < -0.4 is 9.47 Å². The highest BCUT2D eigenvalue weighted by molar-refractivity contribution is 5.43. The van der Waals surface area contributed by atoms with Gasteiger partial charge >= 0.3 is 0 Å². The SMILES string of the molecule is COc1ccc(CN2CCC(F)(F)C2)cc1OCC(O)CN1CCCOCC1. The van der Waals surface area contributed by atoms with Crippen molar-refractivity contribution >= 4 is 0 Å². The molecule has 0 radical (unpaired) electrons.